The fraction of sp³-hybridized carbons (Fsp3) is 0.947. The molecule has 0 bridgehead atoms. The Morgan fingerprint density at radius 1 is 1.04 bits per heavy atom. The van der Waals surface area contributed by atoms with Crippen molar-refractivity contribution in [3.8, 4) is 0 Å². The summed E-state index contributed by atoms with van der Waals surface area (Å²) in [5.41, 5.74) is 0. The van der Waals surface area contributed by atoms with E-state index in [1.807, 2.05) is 0 Å². The Kier molecular flexibility index (Phi) is 8.33. The van der Waals surface area contributed by atoms with Crippen LogP contribution >= 0.6 is 0 Å². The van der Waals surface area contributed by atoms with E-state index in [1.54, 1.807) is 0 Å². The predicted molar refractivity (Wildman–Crippen MR) is 104 cm³/mol. The molecule has 140 valence electrons. The molecule has 2 saturated heterocycles. The van der Waals surface area contributed by atoms with Crippen LogP contribution in [0.2, 0.25) is 0 Å². The van der Waals surface area contributed by atoms with E-state index in [-0.39, 0.29) is 0 Å². The molecule has 0 aromatic carbocycles. The van der Waals surface area contributed by atoms with E-state index in [0.717, 1.165) is 38.1 Å². The van der Waals surface area contributed by atoms with Crippen LogP contribution in [-0.4, -0.2) is 86.1 Å². The van der Waals surface area contributed by atoms with Crippen molar-refractivity contribution in [1.82, 2.24) is 20.0 Å². The van der Waals surface area contributed by atoms with Gasteiger partial charge in [0.2, 0.25) is 0 Å². The molecular weight excluding hydrogens is 298 g/mol. The van der Waals surface area contributed by atoms with E-state index in [2.05, 4.69) is 47.7 Å². The lowest BCUT2D eigenvalue weighted by atomic mass is 9.99. The molecule has 0 amide bonds. The average molecular weight is 338 g/mol. The van der Waals surface area contributed by atoms with Gasteiger partial charge in [-0.1, -0.05) is 20.8 Å². The number of nitrogens with zero attached hydrogens (tertiary/aromatic N) is 4. The molecule has 5 heteroatoms. The molecular formula is C19H39N5. The molecule has 0 aromatic heterocycles. The number of piperidine rings is 1. The van der Waals surface area contributed by atoms with Gasteiger partial charge >= 0.3 is 0 Å². The second kappa shape index (κ2) is 10.2. The van der Waals surface area contributed by atoms with Gasteiger partial charge in [-0.25, -0.2) is 0 Å². The van der Waals surface area contributed by atoms with Crippen LogP contribution in [0.3, 0.4) is 0 Å². The van der Waals surface area contributed by atoms with Crippen molar-refractivity contribution in [2.45, 2.75) is 40.5 Å². The smallest absolute Gasteiger partial charge is 0.193 e. The van der Waals surface area contributed by atoms with Gasteiger partial charge in [0.15, 0.2) is 5.96 Å². The number of likely N-dealkylation sites (tertiary alicyclic amines) is 1. The van der Waals surface area contributed by atoms with Crippen molar-refractivity contribution >= 4 is 5.96 Å². The highest BCUT2D eigenvalue weighted by Crippen LogP contribution is 2.16. The summed E-state index contributed by atoms with van der Waals surface area (Å²) in [4.78, 5) is 12.6. The van der Waals surface area contributed by atoms with Crippen LogP contribution in [0.5, 0.6) is 0 Å². The van der Waals surface area contributed by atoms with Crippen molar-refractivity contribution in [1.29, 1.82) is 0 Å². The molecule has 24 heavy (non-hydrogen) atoms. The summed E-state index contributed by atoms with van der Waals surface area (Å²) in [6.45, 7) is 20.6. The van der Waals surface area contributed by atoms with Gasteiger partial charge in [-0.15, -0.1) is 0 Å². The van der Waals surface area contributed by atoms with E-state index in [0.29, 0.717) is 5.92 Å². The zero-order chi connectivity index (χ0) is 17.4. The van der Waals surface area contributed by atoms with E-state index >= 15 is 0 Å². The average Bonchev–Trinajstić information content (AvgIpc) is 2.60. The van der Waals surface area contributed by atoms with Gasteiger partial charge in [0, 0.05) is 58.9 Å². The molecule has 2 aliphatic heterocycles. The van der Waals surface area contributed by atoms with Crippen molar-refractivity contribution < 1.29 is 0 Å². The summed E-state index contributed by atoms with van der Waals surface area (Å²) >= 11 is 0. The van der Waals surface area contributed by atoms with Crippen LogP contribution in [-0.2, 0) is 0 Å². The molecule has 0 spiro atoms. The minimum Gasteiger partial charge on any atom is -0.357 e. The summed E-state index contributed by atoms with van der Waals surface area (Å²) in [5.74, 6) is 2.62. The predicted octanol–water partition coefficient (Wildman–Crippen LogP) is 1.96. The number of hydrogen-bond acceptors (Lipinski definition) is 3. The zero-order valence-electron chi connectivity index (χ0n) is 16.4. The van der Waals surface area contributed by atoms with Crippen LogP contribution in [0.15, 0.2) is 4.99 Å². The number of aliphatic imine (C=N–C) groups is 1. The first-order valence-electron chi connectivity index (χ1n) is 10.1. The summed E-state index contributed by atoms with van der Waals surface area (Å²) in [5, 5.41) is 3.50. The molecule has 0 aliphatic carbocycles. The Morgan fingerprint density at radius 3 is 2.25 bits per heavy atom. The van der Waals surface area contributed by atoms with Crippen LogP contribution in [0.25, 0.3) is 0 Å². The molecule has 0 unspecified atom stereocenters. The highest BCUT2D eigenvalue weighted by atomic mass is 15.3. The normalized spacial score (nSPS) is 23.5. The zero-order valence-corrected chi connectivity index (χ0v) is 16.4. The largest absolute Gasteiger partial charge is 0.357 e. The number of guanidine groups is 1. The molecule has 1 N–H and O–H groups in total. The quantitative estimate of drug-likeness (QED) is 0.593. The highest BCUT2D eigenvalue weighted by molar-refractivity contribution is 5.80. The molecule has 2 aliphatic rings. The number of nitrogens with one attached hydrogen (secondary N) is 1. The maximum atomic E-state index is 4.95. The molecule has 2 rings (SSSR count). The third-order valence-corrected chi connectivity index (χ3v) is 5.45. The lowest BCUT2D eigenvalue weighted by Crippen LogP contribution is -2.48. The van der Waals surface area contributed by atoms with E-state index in [4.69, 9.17) is 4.99 Å². The molecule has 1 atom stereocenters. The number of rotatable bonds is 6. The van der Waals surface area contributed by atoms with Gasteiger partial charge < -0.3 is 20.0 Å². The fourth-order valence-electron chi connectivity index (χ4n) is 3.68. The Labute approximate surface area is 149 Å². The van der Waals surface area contributed by atoms with Crippen LogP contribution in [0.4, 0.5) is 0 Å². The van der Waals surface area contributed by atoms with Gasteiger partial charge in [-0.05, 0) is 38.1 Å². The molecule has 0 radical (unpaired) electrons. The minimum atomic E-state index is 0.621. The van der Waals surface area contributed by atoms with Gasteiger partial charge in [0.1, 0.15) is 0 Å². The maximum absolute atomic E-state index is 4.95. The number of likely N-dealkylation sites (N-methyl/N-ethyl adjacent to an activating group) is 1. The van der Waals surface area contributed by atoms with Crippen LogP contribution in [0.1, 0.15) is 40.5 Å². The maximum Gasteiger partial charge on any atom is 0.193 e. The molecule has 2 heterocycles. The lowest BCUT2D eigenvalue weighted by Gasteiger charge is -2.35. The Bertz CT molecular complexity index is 368. The summed E-state index contributed by atoms with van der Waals surface area (Å²) in [7, 11) is 0. The Hall–Kier alpha value is -0.810. The summed E-state index contributed by atoms with van der Waals surface area (Å²) < 4.78 is 0. The van der Waals surface area contributed by atoms with Gasteiger partial charge in [-0.3, -0.25) is 4.99 Å². The van der Waals surface area contributed by atoms with E-state index in [1.165, 1.54) is 52.1 Å². The van der Waals surface area contributed by atoms with Gasteiger partial charge in [0.25, 0.3) is 0 Å². The second-order valence-corrected chi connectivity index (χ2v) is 7.70. The third kappa shape index (κ3) is 6.25. The molecule has 5 nitrogen and oxygen atoms in total. The van der Waals surface area contributed by atoms with Crippen molar-refractivity contribution in [3.63, 3.8) is 0 Å². The molecule has 2 fully saturated rings. The van der Waals surface area contributed by atoms with Gasteiger partial charge in [0.05, 0.1) is 0 Å². The number of piperazine rings is 1. The van der Waals surface area contributed by atoms with E-state index < -0.39 is 0 Å². The Morgan fingerprint density at radius 2 is 1.67 bits per heavy atom. The van der Waals surface area contributed by atoms with E-state index in [9.17, 15) is 0 Å². The first-order valence-corrected chi connectivity index (χ1v) is 10.1. The molecule has 0 aromatic rings. The highest BCUT2D eigenvalue weighted by Gasteiger charge is 2.20. The lowest BCUT2D eigenvalue weighted by molar-refractivity contribution is 0.125. The van der Waals surface area contributed by atoms with Crippen molar-refractivity contribution in [3.05, 3.63) is 0 Å². The van der Waals surface area contributed by atoms with Crippen molar-refractivity contribution in [2.75, 3.05) is 65.4 Å². The molecule has 0 saturated carbocycles. The third-order valence-electron chi connectivity index (χ3n) is 5.45. The van der Waals surface area contributed by atoms with Crippen LogP contribution < -0.4 is 5.32 Å². The number of hydrogen-bond donors (Lipinski definition) is 1. The minimum absolute atomic E-state index is 0.621. The Balaban J connectivity index is 1.77. The SMILES string of the molecule is CCNC(=NC[C@@H](C)CN1CCN(CC)CC1)N1CCC(C)CC1. The standard InChI is InChI=1S/C19H39N5/c1-5-20-19(24-9-7-17(3)8-10-24)21-15-18(4)16-23-13-11-22(6-2)12-14-23/h17-18H,5-16H2,1-4H3,(H,20,21)/t18-/m1/s1. The van der Waals surface area contributed by atoms with Crippen molar-refractivity contribution in [2.24, 2.45) is 16.8 Å². The monoisotopic (exact) mass is 337 g/mol. The first kappa shape index (κ1) is 19.5. The second-order valence-electron chi connectivity index (χ2n) is 7.70. The van der Waals surface area contributed by atoms with Gasteiger partial charge in [-0.2, -0.15) is 0 Å². The first-order chi connectivity index (χ1) is 11.6. The topological polar surface area (TPSA) is 34.1 Å². The van der Waals surface area contributed by atoms with Crippen LogP contribution in [0, 0.1) is 11.8 Å². The summed E-state index contributed by atoms with van der Waals surface area (Å²) in [6.07, 6.45) is 2.59. The summed E-state index contributed by atoms with van der Waals surface area (Å²) in [6, 6.07) is 0. The fourth-order valence-corrected chi connectivity index (χ4v) is 3.68.